The van der Waals surface area contributed by atoms with Gasteiger partial charge in [0, 0.05) is 32.6 Å². The van der Waals surface area contributed by atoms with Crippen LogP contribution in [-0.2, 0) is 21.1 Å². The van der Waals surface area contributed by atoms with Gasteiger partial charge in [-0.3, -0.25) is 4.98 Å². The van der Waals surface area contributed by atoms with Crippen LogP contribution in [0, 0.1) is 0 Å². The Kier molecular flexibility index (Phi) is 5.50. The molecule has 1 aromatic heterocycles. The molecule has 3 heteroatoms. The Morgan fingerprint density at radius 3 is 2.42 bits per heavy atom. The summed E-state index contributed by atoms with van der Waals surface area (Å²) in [6, 6.07) is 12.1. The predicted molar refractivity (Wildman–Crippen MR) is 42.9 cm³/mol. The Morgan fingerprint density at radius 2 is 1.67 bits per heavy atom. The SMILES string of the molecule is [H-].[Li+].[Mo].c1ccc2ncccc2c1. The molecule has 12 heavy (non-hydrogen) atoms. The average molecular weight is 233 g/mol. The van der Waals surface area contributed by atoms with Crippen molar-refractivity contribution in [1.82, 2.24) is 4.98 Å². The van der Waals surface area contributed by atoms with Crippen LogP contribution in [0.4, 0.5) is 0 Å². The molecule has 1 nitrogen and oxygen atoms in total. The molecule has 0 saturated heterocycles. The van der Waals surface area contributed by atoms with E-state index in [0.29, 0.717) is 0 Å². The molecule has 2 rings (SSSR count). The molecule has 0 unspecified atom stereocenters. The van der Waals surface area contributed by atoms with Crippen LogP contribution in [0.15, 0.2) is 42.6 Å². The molecule has 2 aromatic rings. The van der Waals surface area contributed by atoms with Crippen molar-refractivity contribution in [2.24, 2.45) is 0 Å². The quantitative estimate of drug-likeness (QED) is 0.551. The molecule has 0 aliphatic heterocycles. The van der Waals surface area contributed by atoms with Crippen molar-refractivity contribution in [3.63, 3.8) is 0 Å². The van der Waals surface area contributed by atoms with Gasteiger partial charge < -0.3 is 1.43 Å². The third-order valence-corrected chi connectivity index (χ3v) is 1.51. The molecule has 0 radical (unpaired) electrons. The first-order valence-corrected chi connectivity index (χ1v) is 3.26. The Bertz CT molecular complexity index is 291. The van der Waals surface area contributed by atoms with Crippen LogP contribution in [0.3, 0.4) is 0 Å². The van der Waals surface area contributed by atoms with E-state index in [4.69, 9.17) is 0 Å². The number of pyridine rings is 1. The topological polar surface area (TPSA) is 12.9 Å². The summed E-state index contributed by atoms with van der Waals surface area (Å²) in [5, 5.41) is 1.20. The number of nitrogens with zero attached hydrogens (tertiary/aromatic N) is 1. The summed E-state index contributed by atoms with van der Waals surface area (Å²) >= 11 is 0. The first kappa shape index (κ1) is 11.9. The third-order valence-electron chi connectivity index (χ3n) is 1.51. The van der Waals surface area contributed by atoms with E-state index in [1.54, 1.807) is 0 Å². The Balaban J connectivity index is 0. The van der Waals surface area contributed by atoms with Gasteiger partial charge in [0.2, 0.25) is 0 Å². The molecule has 0 spiro atoms. The summed E-state index contributed by atoms with van der Waals surface area (Å²) in [4.78, 5) is 4.18. The zero-order chi connectivity index (χ0) is 6.81. The number of fused-ring (bicyclic) bond motifs is 1. The van der Waals surface area contributed by atoms with Gasteiger partial charge in [0.05, 0.1) is 5.52 Å². The molecule has 0 aliphatic carbocycles. The Labute approximate surface area is 99.5 Å². The molecule has 0 amide bonds. The largest absolute Gasteiger partial charge is 1.00 e. The minimum atomic E-state index is 0. The van der Waals surface area contributed by atoms with Crippen LogP contribution >= 0.6 is 0 Å². The minimum absolute atomic E-state index is 0. The second-order valence-electron chi connectivity index (χ2n) is 2.20. The summed E-state index contributed by atoms with van der Waals surface area (Å²) in [6.07, 6.45) is 1.81. The van der Waals surface area contributed by atoms with Gasteiger partial charge in [-0.25, -0.2) is 0 Å². The molecule has 1 heterocycles. The van der Waals surface area contributed by atoms with Gasteiger partial charge in [0.1, 0.15) is 0 Å². The van der Waals surface area contributed by atoms with Gasteiger partial charge in [0.25, 0.3) is 0 Å². The van der Waals surface area contributed by atoms with E-state index in [9.17, 15) is 0 Å². The normalized spacial score (nSPS) is 8.33. The molecule has 56 valence electrons. The molecule has 0 N–H and O–H groups in total. The zero-order valence-corrected chi connectivity index (χ0v) is 8.90. The molecule has 0 saturated carbocycles. The van der Waals surface area contributed by atoms with Crippen LogP contribution in [0.1, 0.15) is 1.43 Å². The fourth-order valence-electron chi connectivity index (χ4n) is 1.02. The van der Waals surface area contributed by atoms with Gasteiger partial charge in [-0.05, 0) is 12.1 Å². The van der Waals surface area contributed by atoms with Crippen LogP contribution in [0.2, 0.25) is 0 Å². The number of hydrogen-bond donors (Lipinski definition) is 0. The van der Waals surface area contributed by atoms with Crippen LogP contribution in [0.5, 0.6) is 0 Å². The van der Waals surface area contributed by atoms with Crippen molar-refractivity contribution in [3.05, 3.63) is 42.6 Å². The van der Waals surface area contributed by atoms with Gasteiger partial charge in [0.15, 0.2) is 0 Å². The molecular formula is C9H8LiMoN. The summed E-state index contributed by atoms with van der Waals surface area (Å²) in [5.74, 6) is 0. The average Bonchev–Trinajstić information content (AvgIpc) is 2.05. The number of aromatic nitrogens is 1. The van der Waals surface area contributed by atoms with E-state index < -0.39 is 0 Å². The minimum Gasteiger partial charge on any atom is -1.00 e. The van der Waals surface area contributed by atoms with Crippen molar-refractivity contribution in [2.45, 2.75) is 0 Å². The monoisotopic (exact) mass is 235 g/mol. The fraction of sp³-hybridized carbons (Fsp3) is 0. The van der Waals surface area contributed by atoms with Crippen molar-refractivity contribution in [3.8, 4) is 0 Å². The Hall–Kier alpha value is -0.0843. The molecule has 0 bridgehead atoms. The van der Waals surface area contributed by atoms with Gasteiger partial charge in [-0.1, -0.05) is 24.3 Å². The maximum Gasteiger partial charge on any atom is 1.00 e. The molecule has 0 fully saturated rings. The maximum atomic E-state index is 4.18. The molecule has 1 aromatic carbocycles. The second-order valence-corrected chi connectivity index (χ2v) is 2.20. The van der Waals surface area contributed by atoms with Crippen LogP contribution in [-0.4, -0.2) is 4.98 Å². The van der Waals surface area contributed by atoms with E-state index >= 15 is 0 Å². The fourth-order valence-corrected chi connectivity index (χ4v) is 1.02. The van der Waals surface area contributed by atoms with Crippen LogP contribution < -0.4 is 18.9 Å². The predicted octanol–water partition coefficient (Wildman–Crippen LogP) is -0.651. The van der Waals surface area contributed by atoms with Crippen molar-refractivity contribution >= 4 is 10.9 Å². The second kappa shape index (κ2) is 5.54. The molecule has 0 atom stereocenters. The van der Waals surface area contributed by atoms with E-state index in [1.807, 2.05) is 30.5 Å². The van der Waals surface area contributed by atoms with Crippen molar-refractivity contribution in [2.75, 3.05) is 0 Å². The van der Waals surface area contributed by atoms with E-state index in [1.165, 1.54) is 5.39 Å². The van der Waals surface area contributed by atoms with E-state index in [-0.39, 0.29) is 41.4 Å². The summed E-state index contributed by atoms with van der Waals surface area (Å²) in [6.45, 7) is 0. The molecular weight excluding hydrogens is 225 g/mol. The Morgan fingerprint density at radius 1 is 1.00 bits per heavy atom. The van der Waals surface area contributed by atoms with Gasteiger partial charge >= 0.3 is 18.9 Å². The van der Waals surface area contributed by atoms with Gasteiger partial charge in [-0.2, -0.15) is 0 Å². The van der Waals surface area contributed by atoms with Crippen molar-refractivity contribution < 1.29 is 41.4 Å². The summed E-state index contributed by atoms with van der Waals surface area (Å²) in [5.41, 5.74) is 1.06. The number of benzene rings is 1. The molecule has 0 aliphatic rings. The maximum absolute atomic E-state index is 4.18. The van der Waals surface area contributed by atoms with Crippen molar-refractivity contribution in [1.29, 1.82) is 0 Å². The number of hydrogen-bond acceptors (Lipinski definition) is 1. The van der Waals surface area contributed by atoms with E-state index in [0.717, 1.165) is 5.52 Å². The third kappa shape index (κ3) is 2.46. The summed E-state index contributed by atoms with van der Waals surface area (Å²) < 4.78 is 0. The number of rotatable bonds is 0. The zero-order valence-electron chi connectivity index (χ0n) is 7.90. The first-order chi connectivity index (χ1) is 4.97. The van der Waals surface area contributed by atoms with Gasteiger partial charge in [-0.15, -0.1) is 0 Å². The number of para-hydroxylation sites is 1. The smallest absolute Gasteiger partial charge is 1.00 e. The summed E-state index contributed by atoms with van der Waals surface area (Å²) in [7, 11) is 0. The van der Waals surface area contributed by atoms with Crippen LogP contribution in [0.25, 0.3) is 10.9 Å². The van der Waals surface area contributed by atoms with E-state index in [2.05, 4.69) is 17.1 Å². The standard InChI is InChI=1S/C9H7N.Li.Mo.H/c1-2-6-9-8(4-1)5-3-7-10-9;;;/h1-7H;;;/q;+1;;-1. The first-order valence-electron chi connectivity index (χ1n) is 3.26.